The highest BCUT2D eigenvalue weighted by Gasteiger charge is 2.02. The van der Waals surface area contributed by atoms with E-state index in [0.29, 0.717) is 0 Å². The van der Waals surface area contributed by atoms with E-state index in [-0.39, 0.29) is 0 Å². The number of aromatic nitrogens is 1. The lowest BCUT2D eigenvalue weighted by molar-refractivity contribution is 0.984. The van der Waals surface area contributed by atoms with Gasteiger partial charge in [0.25, 0.3) is 0 Å². The standard InChI is InChI=1S/C10H14N2/c1-3-4-10(11)9-5-6-12-7-8(9)2/h5-7,11H,3-4H2,1-2H3. The van der Waals surface area contributed by atoms with Crippen molar-refractivity contribution in [1.82, 2.24) is 4.98 Å². The first-order valence-electron chi connectivity index (χ1n) is 4.24. The molecule has 0 aliphatic rings. The van der Waals surface area contributed by atoms with Gasteiger partial charge in [0, 0.05) is 23.7 Å². The summed E-state index contributed by atoms with van der Waals surface area (Å²) in [5.41, 5.74) is 2.85. The minimum Gasteiger partial charge on any atom is -0.305 e. The van der Waals surface area contributed by atoms with Gasteiger partial charge in [0.1, 0.15) is 0 Å². The van der Waals surface area contributed by atoms with E-state index >= 15 is 0 Å². The fourth-order valence-electron chi connectivity index (χ4n) is 1.20. The molecule has 0 amide bonds. The molecule has 64 valence electrons. The van der Waals surface area contributed by atoms with E-state index in [1.165, 1.54) is 0 Å². The third-order valence-corrected chi connectivity index (χ3v) is 1.85. The molecule has 0 atom stereocenters. The van der Waals surface area contributed by atoms with Crippen molar-refractivity contribution >= 4 is 5.71 Å². The molecule has 0 saturated carbocycles. The fraction of sp³-hybridized carbons (Fsp3) is 0.400. The van der Waals surface area contributed by atoms with Crippen LogP contribution in [-0.4, -0.2) is 10.7 Å². The van der Waals surface area contributed by atoms with Crippen LogP contribution in [-0.2, 0) is 0 Å². The lowest BCUT2D eigenvalue weighted by Gasteiger charge is -2.04. The topological polar surface area (TPSA) is 36.7 Å². The number of aryl methyl sites for hydroxylation is 1. The average molecular weight is 162 g/mol. The average Bonchev–Trinajstić information content (AvgIpc) is 2.05. The molecule has 0 saturated heterocycles. The van der Waals surface area contributed by atoms with Crippen LogP contribution in [0.4, 0.5) is 0 Å². The Morgan fingerprint density at radius 2 is 2.33 bits per heavy atom. The molecular formula is C10H14N2. The summed E-state index contributed by atoms with van der Waals surface area (Å²) in [6, 6.07) is 1.91. The number of hydrogen-bond donors (Lipinski definition) is 1. The second-order valence-corrected chi connectivity index (χ2v) is 2.92. The van der Waals surface area contributed by atoms with Crippen LogP contribution in [0.25, 0.3) is 0 Å². The molecule has 2 heteroatoms. The van der Waals surface area contributed by atoms with E-state index in [4.69, 9.17) is 5.41 Å². The van der Waals surface area contributed by atoms with Gasteiger partial charge < -0.3 is 5.41 Å². The molecule has 0 fully saturated rings. The summed E-state index contributed by atoms with van der Waals surface area (Å²) in [5.74, 6) is 0. The maximum absolute atomic E-state index is 7.74. The second-order valence-electron chi connectivity index (χ2n) is 2.92. The number of nitrogens with zero attached hydrogens (tertiary/aromatic N) is 1. The molecule has 0 unspecified atom stereocenters. The normalized spacial score (nSPS) is 9.83. The summed E-state index contributed by atoms with van der Waals surface area (Å²) < 4.78 is 0. The quantitative estimate of drug-likeness (QED) is 0.681. The zero-order chi connectivity index (χ0) is 8.97. The Kier molecular flexibility index (Phi) is 2.97. The van der Waals surface area contributed by atoms with Gasteiger partial charge in [-0.2, -0.15) is 0 Å². The lowest BCUT2D eigenvalue weighted by atomic mass is 10.0. The van der Waals surface area contributed by atoms with Crippen LogP contribution in [0.5, 0.6) is 0 Å². The van der Waals surface area contributed by atoms with E-state index in [1.54, 1.807) is 12.4 Å². The van der Waals surface area contributed by atoms with Crippen molar-refractivity contribution in [2.45, 2.75) is 26.7 Å². The fourth-order valence-corrected chi connectivity index (χ4v) is 1.20. The summed E-state index contributed by atoms with van der Waals surface area (Å²) >= 11 is 0. The molecule has 0 aliphatic carbocycles. The molecule has 0 aliphatic heterocycles. The predicted molar refractivity (Wildman–Crippen MR) is 50.7 cm³/mol. The molecule has 12 heavy (non-hydrogen) atoms. The Balaban J connectivity index is 2.87. The Bertz CT molecular complexity index is 279. The SMILES string of the molecule is CCCC(=N)c1ccncc1C. The molecule has 0 radical (unpaired) electrons. The van der Waals surface area contributed by atoms with Crippen molar-refractivity contribution < 1.29 is 0 Å². The van der Waals surface area contributed by atoms with Gasteiger partial charge in [-0.15, -0.1) is 0 Å². The Hall–Kier alpha value is -1.18. The van der Waals surface area contributed by atoms with Crippen LogP contribution in [0.1, 0.15) is 30.9 Å². The highest BCUT2D eigenvalue weighted by atomic mass is 14.6. The van der Waals surface area contributed by atoms with Crippen LogP contribution in [0, 0.1) is 12.3 Å². The minimum atomic E-state index is 0.720. The van der Waals surface area contributed by atoms with Gasteiger partial charge in [-0.25, -0.2) is 0 Å². The van der Waals surface area contributed by atoms with Gasteiger partial charge in [0.05, 0.1) is 0 Å². The molecule has 0 spiro atoms. The summed E-state index contributed by atoms with van der Waals surface area (Å²) in [6.07, 6.45) is 5.43. The largest absolute Gasteiger partial charge is 0.305 e. The van der Waals surface area contributed by atoms with Gasteiger partial charge in [-0.3, -0.25) is 4.98 Å². The van der Waals surface area contributed by atoms with E-state index in [1.807, 2.05) is 13.0 Å². The Morgan fingerprint density at radius 1 is 1.58 bits per heavy atom. The van der Waals surface area contributed by atoms with Crippen LogP contribution in [0.2, 0.25) is 0 Å². The van der Waals surface area contributed by atoms with Crippen LogP contribution < -0.4 is 0 Å². The molecule has 1 N–H and O–H groups in total. The van der Waals surface area contributed by atoms with Gasteiger partial charge in [-0.1, -0.05) is 13.3 Å². The Labute approximate surface area is 73.2 Å². The van der Waals surface area contributed by atoms with Crippen LogP contribution >= 0.6 is 0 Å². The van der Waals surface area contributed by atoms with Gasteiger partial charge >= 0.3 is 0 Å². The van der Waals surface area contributed by atoms with Crippen molar-refractivity contribution in [3.63, 3.8) is 0 Å². The molecule has 0 bridgehead atoms. The minimum absolute atomic E-state index is 0.720. The Morgan fingerprint density at radius 3 is 2.92 bits per heavy atom. The number of rotatable bonds is 3. The maximum atomic E-state index is 7.74. The molecule has 2 nitrogen and oxygen atoms in total. The van der Waals surface area contributed by atoms with E-state index in [2.05, 4.69) is 11.9 Å². The van der Waals surface area contributed by atoms with Gasteiger partial charge in [0.15, 0.2) is 0 Å². The zero-order valence-corrected chi connectivity index (χ0v) is 7.59. The number of hydrogen-bond acceptors (Lipinski definition) is 2. The molecule has 1 heterocycles. The first kappa shape index (κ1) is 8.91. The van der Waals surface area contributed by atoms with E-state index < -0.39 is 0 Å². The molecule has 0 aromatic carbocycles. The van der Waals surface area contributed by atoms with Crippen molar-refractivity contribution in [3.05, 3.63) is 29.6 Å². The van der Waals surface area contributed by atoms with Crippen LogP contribution in [0.15, 0.2) is 18.5 Å². The van der Waals surface area contributed by atoms with Crippen molar-refractivity contribution in [1.29, 1.82) is 5.41 Å². The molecule has 1 aromatic rings. The smallest absolute Gasteiger partial charge is 0.0389 e. The number of nitrogens with one attached hydrogen (secondary N) is 1. The second kappa shape index (κ2) is 4.00. The highest BCUT2D eigenvalue weighted by molar-refractivity contribution is 5.99. The number of pyridine rings is 1. The van der Waals surface area contributed by atoms with Crippen molar-refractivity contribution in [3.8, 4) is 0 Å². The monoisotopic (exact) mass is 162 g/mol. The summed E-state index contributed by atoms with van der Waals surface area (Å²) in [6.45, 7) is 4.08. The summed E-state index contributed by atoms with van der Waals surface area (Å²) in [5, 5.41) is 7.74. The predicted octanol–water partition coefficient (Wildman–Crippen LogP) is 2.56. The first-order chi connectivity index (χ1) is 5.75. The van der Waals surface area contributed by atoms with Crippen LogP contribution in [0.3, 0.4) is 0 Å². The first-order valence-corrected chi connectivity index (χ1v) is 4.24. The molecule has 1 rings (SSSR count). The van der Waals surface area contributed by atoms with Crippen molar-refractivity contribution in [2.75, 3.05) is 0 Å². The third-order valence-electron chi connectivity index (χ3n) is 1.85. The third kappa shape index (κ3) is 1.91. The van der Waals surface area contributed by atoms with Gasteiger partial charge in [-0.05, 0) is 25.0 Å². The summed E-state index contributed by atoms with van der Waals surface area (Å²) in [4.78, 5) is 3.99. The zero-order valence-electron chi connectivity index (χ0n) is 7.59. The summed E-state index contributed by atoms with van der Waals surface area (Å²) in [7, 11) is 0. The lowest BCUT2D eigenvalue weighted by Crippen LogP contribution is -2.00. The molecule has 1 aromatic heterocycles. The molecular weight excluding hydrogens is 148 g/mol. The maximum Gasteiger partial charge on any atom is 0.0389 e. The van der Waals surface area contributed by atoms with Crippen molar-refractivity contribution in [2.24, 2.45) is 0 Å². The highest BCUT2D eigenvalue weighted by Crippen LogP contribution is 2.08. The van der Waals surface area contributed by atoms with Gasteiger partial charge in [0.2, 0.25) is 0 Å². The van der Waals surface area contributed by atoms with E-state index in [9.17, 15) is 0 Å². The van der Waals surface area contributed by atoms with E-state index in [0.717, 1.165) is 29.7 Å².